The van der Waals surface area contributed by atoms with Gasteiger partial charge in [-0.15, -0.1) is 0 Å². The predicted octanol–water partition coefficient (Wildman–Crippen LogP) is 6.50. The molecule has 1 aliphatic heterocycles. The summed E-state index contributed by atoms with van der Waals surface area (Å²) in [5.74, 6) is -1.06. The smallest absolute Gasteiger partial charge is 0.258 e. The van der Waals surface area contributed by atoms with Crippen molar-refractivity contribution in [3.63, 3.8) is 0 Å². The van der Waals surface area contributed by atoms with E-state index >= 15 is 0 Å². The van der Waals surface area contributed by atoms with E-state index in [1.54, 1.807) is 30.2 Å². The highest BCUT2D eigenvalue weighted by molar-refractivity contribution is 6.04. The van der Waals surface area contributed by atoms with E-state index in [2.05, 4.69) is 15.3 Å². The highest BCUT2D eigenvalue weighted by Gasteiger charge is 2.33. The Bertz CT molecular complexity index is 1480. The van der Waals surface area contributed by atoms with E-state index in [0.29, 0.717) is 17.2 Å². The number of pyridine rings is 2. The molecule has 3 heterocycles. The molecular weight excluding hydrogens is 509 g/mol. The van der Waals surface area contributed by atoms with Gasteiger partial charge in [0, 0.05) is 11.6 Å². The molecule has 7 nitrogen and oxygen atoms in total. The van der Waals surface area contributed by atoms with Gasteiger partial charge in [-0.1, -0.05) is 19.9 Å². The maximum Gasteiger partial charge on any atom is 0.258 e. The number of carbonyl (C=O) groups excluding carboxylic acids is 1. The Balaban J connectivity index is 0.00000172. The lowest BCUT2D eigenvalue weighted by molar-refractivity contribution is 0.0766. The monoisotopic (exact) mass is 536 g/mol. The van der Waals surface area contributed by atoms with Crippen LogP contribution < -0.4 is 14.8 Å². The van der Waals surface area contributed by atoms with E-state index in [1.165, 1.54) is 31.4 Å². The number of aromatic nitrogens is 2. The highest BCUT2D eigenvalue weighted by atomic mass is 19.1. The van der Waals surface area contributed by atoms with E-state index in [4.69, 9.17) is 9.47 Å². The summed E-state index contributed by atoms with van der Waals surface area (Å²) in [7, 11) is 3.06. The SMILES string of the molecule is CC.COc1ccc(CN2Cc3nc(-c4c(F)cccc4F)cc(Nc4ccc(F)cn4)c3C2=O)c(OC)c1. The first-order valence-electron chi connectivity index (χ1n) is 12.2. The van der Waals surface area contributed by atoms with Gasteiger partial charge < -0.3 is 19.7 Å². The fourth-order valence-electron chi connectivity index (χ4n) is 4.23. The minimum absolute atomic E-state index is 0.00985. The first-order chi connectivity index (χ1) is 18.9. The number of hydrogen-bond acceptors (Lipinski definition) is 6. The van der Waals surface area contributed by atoms with Gasteiger partial charge in [0.25, 0.3) is 5.91 Å². The van der Waals surface area contributed by atoms with Gasteiger partial charge in [0.2, 0.25) is 0 Å². The number of benzene rings is 2. The molecule has 0 bridgehead atoms. The van der Waals surface area contributed by atoms with Crippen LogP contribution in [0.5, 0.6) is 11.5 Å². The number of anilines is 2. The van der Waals surface area contributed by atoms with Crippen LogP contribution in [-0.2, 0) is 13.1 Å². The predicted molar refractivity (Wildman–Crippen MR) is 142 cm³/mol. The molecule has 0 saturated carbocycles. The van der Waals surface area contributed by atoms with Gasteiger partial charge in [0.1, 0.15) is 34.8 Å². The zero-order chi connectivity index (χ0) is 28.1. The maximum atomic E-state index is 14.6. The molecule has 0 spiro atoms. The van der Waals surface area contributed by atoms with Crippen LogP contribution in [-0.4, -0.2) is 35.0 Å². The number of fused-ring (bicyclic) bond motifs is 1. The molecule has 0 radical (unpaired) electrons. The van der Waals surface area contributed by atoms with Gasteiger partial charge in [0.15, 0.2) is 0 Å². The van der Waals surface area contributed by atoms with Crippen molar-refractivity contribution in [1.82, 2.24) is 14.9 Å². The lowest BCUT2D eigenvalue weighted by Crippen LogP contribution is -2.24. The minimum Gasteiger partial charge on any atom is -0.497 e. The van der Waals surface area contributed by atoms with E-state index in [9.17, 15) is 18.0 Å². The average Bonchev–Trinajstić information content (AvgIpc) is 3.26. The van der Waals surface area contributed by atoms with E-state index in [1.807, 2.05) is 13.8 Å². The second kappa shape index (κ2) is 11.8. The van der Waals surface area contributed by atoms with Crippen molar-refractivity contribution in [3.8, 4) is 22.8 Å². The molecule has 5 rings (SSSR count). The maximum absolute atomic E-state index is 14.6. The minimum atomic E-state index is -0.789. The van der Waals surface area contributed by atoms with Crippen molar-refractivity contribution in [2.45, 2.75) is 26.9 Å². The first kappa shape index (κ1) is 27.4. The molecule has 0 unspecified atom stereocenters. The number of halogens is 3. The van der Waals surface area contributed by atoms with Crippen LogP contribution in [0.1, 0.15) is 35.5 Å². The average molecular weight is 537 g/mol. The van der Waals surface area contributed by atoms with Crippen LogP contribution in [0.25, 0.3) is 11.3 Å². The van der Waals surface area contributed by atoms with Gasteiger partial charge in [-0.25, -0.2) is 23.1 Å². The number of rotatable bonds is 7. The van der Waals surface area contributed by atoms with Crippen LogP contribution in [0.15, 0.2) is 60.8 Å². The molecule has 4 aromatic rings. The molecule has 0 fully saturated rings. The molecule has 202 valence electrons. The highest BCUT2D eigenvalue weighted by Crippen LogP contribution is 2.36. The molecule has 10 heteroatoms. The molecule has 0 aliphatic carbocycles. The molecule has 1 aliphatic rings. The van der Waals surface area contributed by atoms with Gasteiger partial charge >= 0.3 is 0 Å². The third kappa shape index (κ3) is 5.64. The quantitative estimate of drug-likeness (QED) is 0.290. The van der Waals surface area contributed by atoms with Crippen molar-refractivity contribution in [2.24, 2.45) is 0 Å². The van der Waals surface area contributed by atoms with Gasteiger partial charge in [-0.3, -0.25) is 4.79 Å². The molecule has 0 saturated heterocycles. The van der Waals surface area contributed by atoms with Crippen LogP contribution in [0.4, 0.5) is 24.7 Å². The Morgan fingerprint density at radius 2 is 1.69 bits per heavy atom. The van der Waals surface area contributed by atoms with Gasteiger partial charge in [0.05, 0.1) is 61.7 Å². The second-order valence-corrected chi connectivity index (χ2v) is 8.30. The second-order valence-electron chi connectivity index (χ2n) is 8.30. The van der Waals surface area contributed by atoms with Crippen LogP contribution in [0, 0.1) is 17.5 Å². The van der Waals surface area contributed by atoms with Gasteiger partial charge in [-0.2, -0.15) is 0 Å². The fourth-order valence-corrected chi connectivity index (χ4v) is 4.23. The summed E-state index contributed by atoms with van der Waals surface area (Å²) < 4.78 is 53.3. The molecular formula is C29H27F3N4O3. The zero-order valence-corrected chi connectivity index (χ0v) is 21.9. The summed E-state index contributed by atoms with van der Waals surface area (Å²) in [5, 5.41) is 2.98. The molecule has 1 N–H and O–H groups in total. The number of nitrogens with zero attached hydrogens (tertiary/aromatic N) is 3. The Morgan fingerprint density at radius 1 is 0.949 bits per heavy atom. The number of amides is 1. The Labute approximate surface area is 224 Å². The summed E-state index contributed by atoms with van der Waals surface area (Å²) in [5.41, 5.74) is 1.25. The summed E-state index contributed by atoms with van der Waals surface area (Å²) in [6, 6.07) is 12.8. The largest absolute Gasteiger partial charge is 0.497 e. The van der Waals surface area contributed by atoms with Crippen molar-refractivity contribution in [2.75, 3.05) is 19.5 Å². The number of nitrogens with one attached hydrogen (secondary N) is 1. The summed E-state index contributed by atoms with van der Waals surface area (Å²) in [6.45, 7) is 4.29. The Morgan fingerprint density at radius 3 is 2.33 bits per heavy atom. The van der Waals surface area contributed by atoms with Crippen molar-refractivity contribution in [1.29, 1.82) is 0 Å². The van der Waals surface area contributed by atoms with Crippen molar-refractivity contribution >= 4 is 17.4 Å². The number of hydrogen-bond donors (Lipinski definition) is 1. The fraction of sp³-hybridized carbons (Fsp3) is 0.207. The van der Waals surface area contributed by atoms with E-state index in [0.717, 1.165) is 23.9 Å². The molecule has 39 heavy (non-hydrogen) atoms. The zero-order valence-electron chi connectivity index (χ0n) is 21.9. The third-order valence-electron chi connectivity index (χ3n) is 6.00. The van der Waals surface area contributed by atoms with Crippen LogP contribution in [0.3, 0.4) is 0 Å². The summed E-state index contributed by atoms with van der Waals surface area (Å²) in [6.07, 6.45) is 1.02. The number of ether oxygens (including phenoxy) is 2. The third-order valence-corrected chi connectivity index (χ3v) is 6.00. The van der Waals surface area contributed by atoms with E-state index < -0.39 is 17.5 Å². The molecule has 2 aromatic carbocycles. The van der Waals surface area contributed by atoms with Crippen molar-refractivity contribution in [3.05, 3.63) is 95.1 Å². The number of carbonyl (C=O) groups is 1. The van der Waals surface area contributed by atoms with Crippen LogP contribution in [0.2, 0.25) is 0 Å². The topological polar surface area (TPSA) is 76.6 Å². The van der Waals surface area contributed by atoms with Crippen molar-refractivity contribution < 1.29 is 27.4 Å². The van der Waals surface area contributed by atoms with E-state index in [-0.39, 0.29) is 47.3 Å². The standard InChI is InChI=1S/C27H21F3N4O3.C2H6/c1-36-17-8-6-15(23(10-17)37-2)13-34-14-22-26(27(34)35)21(33-24-9-7-16(28)12-31-24)11-20(32-22)25-18(29)4-3-5-19(25)30;1-2/h3-12H,13-14H2,1-2H3,(H,31,32,33);1-2H3. The van der Waals surface area contributed by atoms with Gasteiger partial charge in [-0.05, 0) is 42.5 Å². The molecule has 0 atom stereocenters. The summed E-state index contributed by atoms with van der Waals surface area (Å²) in [4.78, 5) is 23.5. The Hall–Kier alpha value is -4.60. The van der Waals surface area contributed by atoms with Crippen LogP contribution >= 0.6 is 0 Å². The molecule has 2 aromatic heterocycles. The normalized spacial score (nSPS) is 12.0. The molecule has 1 amide bonds. The lowest BCUT2D eigenvalue weighted by Gasteiger charge is -2.18. The Kier molecular flexibility index (Phi) is 8.33. The summed E-state index contributed by atoms with van der Waals surface area (Å²) >= 11 is 0. The number of methoxy groups -OCH3 is 2. The first-order valence-corrected chi connectivity index (χ1v) is 12.2. The lowest BCUT2D eigenvalue weighted by atomic mass is 10.1.